The number of rotatable bonds is 3. The van der Waals surface area contributed by atoms with Crippen LogP contribution in [0.4, 0.5) is 0 Å². The van der Waals surface area contributed by atoms with Crippen LogP contribution in [0, 0.1) is 0 Å². The van der Waals surface area contributed by atoms with E-state index in [1.54, 1.807) is 11.8 Å². The summed E-state index contributed by atoms with van der Waals surface area (Å²) >= 11 is 0. The molecule has 2 amide bonds. The Balaban J connectivity index is 0.00000225. The molecular weight excluding hydrogens is 340 g/mol. The van der Waals surface area contributed by atoms with E-state index in [-0.39, 0.29) is 36.2 Å². The minimum Gasteiger partial charge on any atom is -0.339 e. The van der Waals surface area contributed by atoms with Gasteiger partial charge in [0.15, 0.2) is 0 Å². The molecule has 138 valence electrons. The first-order valence-electron chi connectivity index (χ1n) is 8.61. The van der Waals surface area contributed by atoms with E-state index in [2.05, 4.69) is 17.0 Å². The molecule has 1 aromatic rings. The van der Waals surface area contributed by atoms with Gasteiger partial charge in [-0.15, -0.1) is 12.4 Å². The first-order valence-corrected chi connectivity index (χ1v) is 8.61. The van der Waals surface area contributed by atoms with Crippen LogP contribution in [-0.2, 0) is 9.59 Å². The molecule has 0 bridgehead atoms. The Morgan fingerprint density at radius 3 is 2.24 bits per heavy atom. The predicted octanol–water partition coefficient (Wildman–Crippen LogP) is 0.526. The lowest BCUT2D eigenvalue weighted by molar-refractivity contribution is -0.139. The highest BCUT2D eigenvalue weighted by Gasteiger charge is 2.33. The van der Waals surface area contributed by atoms with Crippen molar-refractivity contribution >= 4 is 24.2 Å². The van der Waals surface area contributed by atoms with Crippen LogP contribution in [0.15, 0.2) is 30.3 Å². The van der Waals surface area contributed by atoms with Crippen molar-refractivity contribution in [3.8, 4) is 0 Å². The van der Waals surface area contributed by atoms with Gasteiger partial charge in [-0.2, -0.15) is 0 Å². The quantitative estimate of drug-likeness (QED) is 0.847. The molecule has 2 aliphatic heterocycles. The predicted molar refractivity (Wildman–Crippen MR) is 99.7 cm³/mol. The Morgan fingerprint density at radius 2 is 1.64 bits per heavy atom. The Morgan fingerprint density at radius 1 is 1.04 bits per heavy atom. The fourth-order valence-electron chi connectivity index (χ4n) is 3.66. The fourth-order valence-corrected chi connectivity index (χ4v) is 3.66. The summed E-state index contributed by atoms with van der Waals surface area (Å²) < 4.78 is 0. The van der Waals surface area contributed by atoms with Crippen molar-refractivity contribution < 1.29 is 9.59 Å². The summed E-state index contributed by atoms with van der Waals surface area (Å²) in [7, 11) is 0. The summed E-state index contributed by atoms with van der Waals surface area (Å²) in [4.78, 5) is 29.7. The van der Waals surface area contributed by atoms with Gasteiger partial charge in [-0.1, -0.05) is 30.3 Å². The summed E-state index contributed by atoms with van der Waals surface area (Å²) in [6, 6.07) is 10.4. The lowest BCUT2D eigenvalue weighted by atomic mass is 9.95. The number of likely N-dealkylation sites (tertiary alicyclic amines) is 1. The zero-order valence-electron chi connectivity index (χ0n) is 14.6. The fraction of sp³-hybridized carbons (Fsp3) is 0.556. The molecule has 25 heavy (non-hydrogen) atoms. The maximum atomic E-state index is 12.5. The zero-order chi connectivity index (χ0) is 17.1. The monoisotopic (exact) mass is 366 g/mol. The summed E-state index contributed by atoms with van der Waals surface area (Å²) in [5.41, 5.74) is 7.54. The van der Waals surface area contributed by atoms with Crippen LogP contribution in [0.1, 0.15) is 18.4 Å². The summed E-state index contributed by atoms with van der Waals surface area (Å²) in [6.07, 6.45) is 0. The lowest BCUT2D eigenvalue weighted by Gasteiger charge is -2.35. The second-order valence-electron chi connectivity index (χ2n) is 6.76. The molecule has 0 radical (unpaired) electrons. The third kappa shape index (κ3) is 4.71. The number of nitrogens with two attached hydrogens (primary N) is 1. The average molecular weight is 367 g/mol. The largest absolute Gasteiger partial charge is 0.339 e. The summed E-state index contributed by atoms with van der Waals surface area (Å²) in [5.74, 6) is 0.506. The molecule has 0 aromatic heterocycles. The molecule has 2 fully saturated rings. The molecule has 2 atom stereocenters. The van der Waals surface area contributed by atoms with Gasteiger partial charge in [0.1, 0.15) is 0 Å². The van der Waals surface area contributed by atoms with Crippen LogP contribution in [0.5, 0.6) is 0 Å². The van der Waals surface area contributed by atoms with E-state index in [0.29, 0.717) is 32.7 Å². The van der Waals surface area contributed by atoms with Gasteiger partial charge in [0.2, 0.25) is 11.8 Å². The smallest absolute Gasteiger partial charge is 0.236 e. The highest BCUT2D eigenvalue weighted by atomic mass is 35.5. The number of benzene rings is 1. The molecule has 2 aliphatic rings. The number of carbonyl (C=O) groups excluding carboxylic acids is 2. The molecule has 3 rings (SSSR count). The summed E-state index contributed by atoms with van der Waals surface area (Å²) in [5, 5.41) is 0. The number of piperazine rings is 1. The molecular formula is C18H27ClN4O2. The van der Waals surface area contributed by atoms with Crippen molar-refractivity contribution in [1.29, 1.82) is 0 Å². The van der Waals surface area contributed by atoms with Crippen LogP contribution < -0.4 is 5.73 Å². The van der Waals surface area contributed by atoms with E-state index in [1.807, 2.05) is 23.1 Å². The molecule has 2 saturated heterocycles. The Kier molecular flexibility index (Phi) is 6.81. The second kappa shape index (κ2) is 8.65. The van der Waals surface area contributed by atoms with E-state index in [0.717, 1.165) is 13.1 Å². The van der Waals surface area contributed by atoms with Crippen molar-refractivity contribution in [2.24, 2.45) is 5.73 Å². The maximum Gasteiger partial charge on any atom is 0.236 e. The van der Waals surface area contributed by atoms with Crippen molar-refractivity contribution in [2.75, 3.05) is 45.8 Å². The molecule has 0 spiro atoms. The van der Waals surface area contributed by atoms with E-state index in [1.165, 1.54) is 5.56 Å². The normalized spacial score (nSPS) is 24.1. The van der Waals surface area contributed by atoms with Gasteiger partial charge in [-0.05, 0) is 5.56 Å². The summed E-state index contributed by atoms with van der Waals surface area (Å²) in [6.45, 7) is 6.08. The molecule has 1 aromatic carbocycles. The molecule has 0 unspecified atom stereocenters. The maximum absolute atomic E-state index is 12.5. The average Bonchev–Trinajstić information content (AvgIpc) is 2.96. The zero-order valence-corrected chi connectivity index (χ0v) is 15.5. The minimum absolute atomic E-state index is 0. The highest BCUT2D eigenvalue weighted by Crippen LogP contribution is 2.26. The van der Waals surface area contributed by atoms with E-state index < -0.39 is 0 Å². The van der Waals surface area contributed by atoms with Crippen molar-refractivity contribution in [3.05, 3.63) is 35.9 Å². The first kappa shape index (κ1) is 19.7. The van der Waals surface area contributed by atoms with Gasteiger partial charge < -0.3 is 15.5 Å². The van der Waals surface area contributed by atoms with Crippen molar-refractivity contribution in [3.63, 3.8) is 0 Å². The molecule has 2 heterocycles. The van der Waals surface area contributed by atoms with Crippen LogP contribution in [0.2, 0.25) is 0 Å². The SMILES string of the molecule is CC(=O)N1CCN(C(=O)CN2C[C@@H](N)[C@H](c3ccccc3)C2)CC1.Cl. The standard InChI is InChI=1S/C18H26N4O2.ClH/c1-14(23)21-7-9-22(10-8-21)18(24)13-20-11-16(17(19)12-20)15-5-3-2-4-6-15;/h2-6,16-17H,7-13,19H2,1H3;1H/t16-,17+;/m0./s1. The van der Waals surface area contributed by atoms with Gasteiger partial charge in [-0.25, -0.2) is 0 Å². The number of hydrogen-bond donors (Lipinski definition) is 1. The second-order valence-corrected chi connectivity index (χ2v) is 6.76. The third-order valence-corrected chi connectivity index (χ3v) is 5.11. The number of carbonyl (C=O) groups is 2. The number of halogens is 1. The Bertz CT molecular complexity index is 590. The first-order chi connectivity index (χ1) is 11.5. The van der Waals surface area contributed by atoms with Crippen LogP contribution in [0.3, 0.4) is 0 Å². The third-order valence-electron chi connectivity index (χ3n) is 5.11. The molecule has 7 heteroatoms. The molecule has 0 saturated carbocycles. The molecule has 6 nitrogen and oxygen atoms in total. The Labute approximate surface area is 155 Å². The van der Waals surface area contributed by atoms with Gasteiger partial charge in [-0.3, -0.25) is 14.5 Å². The number of amides is 2. The topological polar surface area (TPSA) is 69.9 Å². The van der Waals surface area contributed by atoms with Gasteiger partial charge in [0.05, 0.1) is 6.54 Å². The van der Waals surface area contributed by atoms with E-state index in [9.17, 15) is 9.59 Å². The minimum atomic E-state index is 0. The number of nitrogens with zero attached hydrogens (tertiary/aromatic N) is 3. The van der Waals surface area contributed by atoms with Gasteiger partial charge >= 0.3 is 0 Å². The van der Waals surface area contributed by atoms with Crippen LogP contribution >= 0.6 is 12.4 Å². The van der Waals surface area contributed by atoms with Crippen molar-refractivity contribution in [2.45, 2.75) is 18.9 Å². The molecule has 0 aliphatic carbocycles. The van der Waals surface area contributed by atoms with Crippen molar-refractivity contribution in [1.82, 2.24) is 14.7 Å². The van der Waals surface area contributed by atoms with Crippen LogP contribution in [-0.4, -0.2) is 78.4 Å². The van der Waals surface area contributed by atoms with E-state index >= 15 is 0 Å². The highest BCUT2D eigenvalue weighted by molar-refractivity contribution is 5.85. The van der Waals surface area contributed by atoms with E-state index in [4.69, 9.17) is 5.73 Å². The Hall–Kier alpha value is -1.63. The van der Waals surface area contributed by atoms with Gasteiger partial charge in [0, 0.05) is 58.2 Å². The van der Waals surface area contributed by atoms with Crippen LogP contribution in [0.25, 0.3) is 0 Å². The molecule has 2 N–H and O–H groups in total. The lowest BCUT2D eigenvalue weighted by Crippen LogP contribution is -2.52. The number of hydrogen-bond acceptors (Lipinski definition) is 4. The van der Waals surface area contributed by atoms with Gasteiger partial charge in [0.25, 0.3) is 0 Å².